The van der Waals surface area contributed by atoms with Gasteiger partial charge in [0.05, 0.1) is 33.0 Å². The summed E-state index contributed by atoms with van der Waals surface area (Å²) in [6.45, 7) is 0. The molecule has 0 unspecified atom stereocenters. The zero-order valence-electron chi connectivity index (χ0n) is 30.3. The van der Waals surface area contributed by atoms with E-state index in [4.69, 9.17) is 0 Å². The maximum absolute atomic E-state index is 4.68. The molecular formula is C51H33N5. The van der Waals surface area contributed by atoms with Crippen LogP contribution in [0.2, 0.25) is 0 Å². The van der Waals surface area contributed by atoms with E-state index in [1.165, 1.54) is 66.4 Å². The summed E-state index contributed by atoms with van der Waals surface area (Å²) in [5, 5.41) is 3.58. The first-order valence-corrected chi connectivity index (χ1v) is 19.1. The molecule has 0 saturated carbocycles. The van der Waals surface area contributed by atoms with Crippen molar-refractivity contribution in [1.29, 1.82) is 0 Å². The third-order valence-corrected chi connectivity index (χ3v) is 12.0. The van der Waals surface area contributed by atoms with E-state index in [1.54, 1.807) is 0 Å². The lowest BCUT2D eigenvalue weighted by Crippen LogP contribution is -2.29. The fourth-order valence-corrected chi connectivity index (χ4v) is 9.66. The lowest BCUT2D eigenvalue weighted by atomic mass is 9.69. The number of rotatable bonds is 5. The van der Waals surface area contributed by atoms with Gasteiger partial charge in [-0.15, -0.1) is 0 Å². The Bertz CT molecular complexity index is 3190. The Balaban J connectivity index is 0.997. The molecule has 0 fully saturated rings. The number of hydrogen-bond donors (Lipinski definition) is 1. The van der Waals surface area contributed by atoms with Gasteiger partial charge in [-0.2, -0.15) is 0 Å². The molecule has 1 aliphatic carbocycles. The zero-order chi connectivity index (χ0) is 36.8. The molecule has 5 nitrogen and oxygen atoms in total. The average molecular weight is 716 g/mol. The highest BCUT2D eigenvalue weighted by Gasteiger charge is 2.48. The van der Waals surface area contributed by atoms with Crippen molar-refractivity contribution in [1.82, 2.24) is 24.1 Å². The maximum Gasteiger partial charge on any atom is 0.0978 e. The molecule has 5 heterocycles. The molecule has 0 spiro atoms. The maximum atomic E-state index is 4.68. The summed E-state index contributed by atoms with van der Waals surface area (Å²) in [7, 11) is 0. The first-order valence-electron chi connectivity index (χ1n) is 19.1. The van der Waals surface area contributed by atoms with Crippen molar-refractivity contribution in [2.24, 2.45) is 0 Å². The molecule has 5 aromatic heterocycles. The molecule has 0 atom stereocenters. The number of hydrogen-bond acceptors (Lipinski definition) is 2. The molecule has 5 heteroatoms. The van der Waals surface area contributed by atoms with E-state index < -0.39 is 5.41 Å². The van der Waals surface area contributed by atoms with E-state index in [0.717, 1.165) is 33.3 Å². The molecule has 262 valence electrons. The van der Waals surface area contributed by atoms with Gasteiger partial charge in [0.2, 0.25) is 0 Å². The van der Waals surface area contributed by atoms with Crippen LogP contribution in [0.25, 0.3) is 77.4 Å². The molecule has 0 aliphatic heterocycles. The Hall–Kier alpha value is -7.50. The summed E-state index contributed by atoms with van der Waals surface area (Å²) in [5.41, 5.74) is 17.2. The van der Waals surface area contributed by atoms with Crippen LogP contribution in [0, 0.1) is 0 Å². The van der Waals surface area contributed by atoms with Gasteiger partial charge in [0, 0.05) is 63.6 Å². The van der Waals surface area contributed by atoms with E-state index in [2.05, 4.69) is 194 Å². The minimum Gasteiger partial charge on any atom is -0.363 e. The second-order valence-electron chi connectivity index (χ2n) is 14.7. The van der Waals surface area contributed by atoms with Crippen molar-refractivity contribution in [2.45, 2.75) is 5.41 Å². The summed E-state index contributed by atoms with van der Waals surface area (Å²) in [6, 6.07) is 61.8. The molecule has 1 N–H and O–H groups in total. The lowest BCUT2D eigenvalue weighted by Gasteiger charge is -2.32. The molecule has 1 aliphatic rings. The number of nitrogens with zero attached hydrogens (tertiary/aromatic N) is 4. The van der Waals surface area contributed by atoms with Crippen LogP contribution in [-0.2, 0) is 5.41 Å². The van der Waals surface area contributed by atoms with E-state index in [9.17, 15) is 0 Å². The molecule has 6 aromatic carbocycles. The van der Waals surface area contributed by atoms with Crippen LogP contribution in [0.4, 0.5) is 0 Å². The Kier molecular flexibility index (Phi) is 6.48. The number of H-pyrrole nitrogens is 1. The van der Waals surface area contributed by atoms with E-state index >= 15 is 0 Å². The van der Waals surface area contributed by atoms with Crippen molar-refractivity contribution in [2.75, 3.05) is 0 Å². The number of pyridine rings is 2. The molecular weight excluding hydrogens is 683 g/mol. The Morgan fingerprint density at radius 1 is 0.482 bits per heavy atom. The molecule has 0 radical (unpaired) electrons. The van der Waals surface area contributed by atoms with Crippen molar-refractivity contribution < 1.29 is 0 Å². The van der Waals surface area contributed by atoms with Gasteiger partial charge in [0.15, 0.2) is 0 Å². The summed E-state index contributed by atoms with van der Waals surface area (Å²) < 4.78 is 4.70. The zero-order valence-corrected chi connectivity index (χ0v) is 30.3. The average Bonchev–Trinajstić information content (AvgIpc) is 4.03. The van der Waals surface area contributed by atoms with Crippen LogP contribution < -0.4 is 0 Å². The number of para-hydroxylation sites is 1. The molecule has 0 saturated heterocycles. The molecule has 12 rings (SSSR count). The normalized spacial score (nSPS) is 13.1. The highest BCUT2D eigenvalue weighted by molar-refractivity contribution is 6.18. The number of fused-ring (bicyclic) bond motifs is 10. The summed E-state index contributed by atoms with van der Waals surface area (Å²) in [6.07, 6.45) is 7.70. The van der Waals surface area contributed by atoms with Gasteiger partial charge in [-0.05, 0) is 94.0 Å². The second kappa shape index (κ2) is 11.7. The van der Waals surface area contributed by atoms with Crippen LogP contribution in [0.1, 0.15) is 22.4 Å². The van der Waals surface area contributed by atoms with E-state index in [0.29, 0.717) is 0 Å². The van der Waals surface area contributed by atoms with Crippen molar-refractivity contribution >= 4 is 43.7 Å². The molecule has 56 heavy (non-hydrogen) atoms. The van der Waals surface area contributed by atoms with Gasteiger partial charge in [0.1, 0.15) is 0 Å². The monoisotopic (exact) mass is 715 g/mol. The van der Waals surface area contributed by atoms with Crippen LogP contribution >= 0.6 is 0 Å². The Labute approximate surface area is 322 Å². The van der Waals surface area contributed by atoms with Gasteiger partial charge >= 0.3 is 0 Å². The lowest BCUT2D eigenvalue weighted by molar-refractivity contribution is 0.743. The summed E-state index contributed by atoms with van der Waals surface area (Å²) in [5.74, 6) is 0. The minimum absolute atomic E-state index is 0.471. The van der Waals surface area contributed by atoms with Gasteiger partial charge in [-0.1, -0.05) is 109 Å². The number of nitrogens with one attached hydrogen (secondary N) is 1. The SMILES string of the molecule is c1ccc(C2(c3ccccc3)c3ccc4c(c3-c3cc[nH]c32)c2ccccc2n4-c2ccc(-c3ccc(-n4c5ccncc5c5ncccc54)cc3)cc2)cc1. The molecule has 0 bridgehead atoms. The van der Waals surface area contributed by atoms with E-state index in [-0.39, 0.29) is 0 Å². The van der Waals surface area contributed by atoms with Crippen LogP contribution in [0.15, 0.2) is 195 Å². The fourth-order valence-electron chi connectivity index (χ4n) is 9.66. The van der Waals surface area contributed by atoms with Crippen molar-refractivity contribution in [3.05, 3.63) is 217 Å². The first-order chi connectivity index (χ1) is 27.8. The van der Waals surface area contributed by atoms with Crippen molar-refractivity contribution in [3.8, 4) is 33.6 Å². The number of aromatic amines is 1. The third kappa shape index (κ3) is 4.14. The largest absolute Gasteiger partial charge is 0.363 e. The topological polar surface area (TPSA) is 51.4 Å². The summed E-state index contributed by atoms with van der Waals surface area (Å²) in [4.78, 5) is 12.8. The van der Waals surface area contributed by atoms with Gasteiger partial charge in [-0.3, -0.25) is 9.97 Å². The second-order valence-corrected chi connectivity index (χ2v) is 14.7. The Morgan fingerprint density at radius 2 is 1.11 bits per heavy atom. The van der Waals surface area contributed by atoms with Gasteiger partial charge in [0.25, 0.3) is 0 Å². The van der Waals surface area contributed by atoms with Crippen molar-refractivity contribution in [3.63, 3.8) is 0 Å². The van der Waals surface area contributed by atoms with E-state index in [1.807, 2.05) is 24.7 Å². The number of aromatic nitrogens is 5. The predicted molar refractivity (Wildman–Crippen MR) is 228 cm³/mol. The third-order valence-electron chi connectivity index (χ3n) is 12.0. The predicted octanol–water partition coefficient (Wildman–Crippen LogP) is 12.0. The first kappa shape index (κ1) is 30.9. The quantitative estimate of drug-likeness (QED) is 0.193. The standard InChI is InChI=1S/C51H33N5/c1-3-10-35(11-4-1)51(36-12-5-2-6-13-36)42-25-26-45-48(47(42)40-27-31-54-50(40)51)39-14-7-8-15-43(39)55(45)37-21-17-33(18-22-37)34-19-23-38(24-20-34)56-44-28-30-52-32-41(44)49-46(56)16-9-29-53-49/h1-32,54H. The molecule has 0 amide bonds. The van der Waals surface area contributed by atoms with Gasteiger partial charge in [-0.25, -0.2) is 0 Å². The fraction of sp³-hybridized carbons (Fsp3) is 0.0196. The smallest absolute Gasteiger partial charge is 0.0978 e. The van der Waals surface area contributed by atoms with Crippen LogP contribution in [0.3, 0.4) is 0 Å². The minimum atomic E-state index is -0.471. The number of benzene rings is 6. The van der Waals surface area contributed by atoms with Gasteiger partial charge < -0.3 is 14.1 Å². The summed E-state index contributed by atoms with van der Waals surface area (Å²) >= 11 is 0. The van der Waals surface area contributed by atoms with Crippen LogP contribution in [-0.4, -0.2) is 24.1 Å². The highest BCUT2D eigenvalue weighted by atomic mass is 15.0. The van der Waals surface area contributed by atoms with Crippen LogP contribution in [0.5, 0.6) is 0 Å². The highest BCUT2D eigenvalue weighted by Crippen LogP contribution is 2.58. The molecule has 11 aromatic rings. The Morgan fingerprint density at radius 3 is 1.82 bits per heavy atom.